The van der Waals surface area contributed by atoms with Crippen LogP contribution in [-0.2, 0) is 0 Å². The van der Waals surface area contributed by atoms with Crippen LogP contribution in [0.3, 0.4) is 0 Å². The molecule has 7 nitrogen and oxygen atoms in total. The molecule has 126 valence electrons. The number of likely N-dealkylation sites (N-methyl/N-ethyl adjacent to an activating group) is 1. The largest absolute Gasteiger partial charge is 0.458 e. The smallest absolute Gasteiger partial charge is 0.320 e. The molecule has 0 spiro atoms. The zero-order valence-corrected chi connectivity index (χ0v) is 13.3. The van der Waals surface area contributed by atoms with Gasteiger partial charge in [0.25, 0.3) is 0 Å². The van der Waals surface area contributed by atoms with Crippen molar-refractivity contribution in [2.45, 2.75) is 18.9 Å². The molecule has 1 aromatic heterocycles. The van der Waals surface area contributed by atoms with Crippen molar-refractivity contribution in [3.05, 3.63) is 18.2 Å². The van der Waals surface area contributed by atoms with Gasteiger partial charge in [-0.25, -0.2) is 19.2 Å². The lowest BCUT2D eigenvalue weighted by molar-refractivity contribution is 0.0706. The fourth-order valence-electron chi connectivity index (χ4n) is 2.92. The Morgan fingerprint density at radius 2 is 1.87 bits per heavy atom. The molecule has 0 bridgehead atoms. The molecule has 2 aliphatic rings. The van der Waals surface area contributed by atoms with Crippen LogP contribution in [0.5, 0.6) is 6.01 Å². The second-order valence-corrected chi connectivity index (χ2v) is 6.08. The zero-order valence-electron chi connectivity index (χ0n) is 13.3. The third-order valence-electron chi connectivity index (χ3n) is 4.29. The van der Waals surface area contributed by atoms with Gasteiger partial charge in [0.1, 0.15) is 6.10 Å². The average molecular weight is 323 g/mol. The van der Waals surface area contributed by atoms with Crippen molar-refractivity contribution in [1.29, 1.82) is 0 Å². The van der Waals surface area contributed by atoms with Crippen molar-refractivity contribution in [2.75, 3.05) is 46.3 Å². The van der Waals surface area contributed by atoms with Crippen LogP contribution in [0, 0.1) is 5.82 Å². The molecule has 2 aliphatic heterocycles. The highest BCUT2D eigenvalue weighted by atomic mass is 19.1. The predicted octanol–water partition coefficient (Wildman–Crippen LogP) is 0.826. The number of carbonyl (C=O) groups is 1. The van der Waals surface area contributed by atoms with E-state index >= 15 is 0 Å². The summed E-state index contributed by atoms with van der Waals surface area (Å²) in [6, 6.07) is 0.233. The van der Waals surface area contributed by atoms with Gasteiger partial charge in [0.05, 0.1) is 18.9 Å². The molecule has 0 aliphatic carbocycles. The molecule has 1 atom stereocenters. The number of nitrogens with zero attached hydrogens (tertiary/aromatic N) is 5. The van der Waals surface area contributed by atoms with E-state index in [1.165, 1.54) is 0 Å². The first-order valence-electron chi connectivity index (χ1n) is 7.98. The maximum atomic E-state index is 12.8. The lowest BCUT2D eigenvalue weighted by atomic mass is 10.1. The highest BCUT2D eigenvalue weighted by molar-refractivity contribution is 5.74. The van der Waals surface area contributed by atoms with E-state index in [0.717, 1.165) is 58.0 Å². The summed E-state index contributed by atoms with van der Waals surface area (Å²) in [6.07, 6.45) is 3.74. The minimum Gasteiger partial charge on any atom is -0.458 e. The molecular weight excluding hydrogens is 301 g/mol. The molecule has 2 fully saturated rings. The van der Waals surface area contributed by atoms with Gasteiger partial charge in [-0.05, 0) is 19.9 Å². The summed E-state index contributed by atoms with van der Waals surface area (Å²) >= 11 is 0. The van der Waals surface area contributed by atoms with Crippen LogP contribution in [0.15, 0.2) is 12.4 Å². The van der Waals surface area contributed by atoms with Gasteiger partial charge in [0.15, 0.2) is 5.82 Å². The molecule has 0 aromatic carbocycles. The molecule has 0 saturated carbocycles. The van der Waals surface area contributed by atoms with Gasteiger partial charge in [-0.15, -0.1) is 0 Å². The third-order valence-corrected chi connectivity index (χ3v) is 4.29. The fourth-order valence-corrected chi connectivity index (χ4v) is 2.92. The summed E-state index contributed by atoms with van der Waals surface area (Å²) in [5.74, 6) is -0.493. The molecule has 8 heteroatoms. The highest BCUT2D eigenvalue weighted by Gasteiger charge is 2.29. The lowest BCUT2D eigenvalue weighted by Crippen LogP contribution is -2.54. The summed E-state index contributed by atoms with van der Waals surface area (Å²) < 4.78 is 18.5. The zero-order chi connectivity index (χ0) is 16.2. The molecule has 2 amide bonds. The molecule has 0 N–H and O–H groups in total. The van der Waals surface area contributed by atoms with E-state index in [1.807, 2.05) is 9.80 Å². The van der Waals surface area contributed by atoms with Gasteiger partial charge < -0.3 is 19.4 Å². The number of urea groups is 1. The monoisotopic (exact) mass is 323 g/mol. The van der Waals surface area contributed by atoms with Crippen molar-refractivity contribution in [3.8, 4) is 6.01 Å². The fraction of sp³-hybridized carbons (Fsp3) is 0.667. The van der Waals surface area contributed by atoms with Crippen LogP contribution in [0.4, 0.5) is 9.18 Å². The van der Waals surface area contributed by atoms with E-state index in [1.54, 1.807) is 0 Å². The molecule has 23 heavy (non-hydrogen) atoms. The highest BCUT2D eigenvalue weighted by Crippen LogP contribution is 2.17. The first kappa shape index (κ1) is 15.9. The number of hydrogen-bond donors (Lipinski definition) is 0. The summed E-state index contributed by atoms with van der Waals surface area (Å²) in [7, 11) is 2.06. The number of amides is 2. The first-order chi connectivity index (χ1) is 11.1. The first-order valence-corrected chi connectivity index (χ1v) is 7.98. The summed E-state index contributed by atoms with van der Waals surface area (Å²) in [6.45, 7) is 4.60. The van der Waals surface area contributed by atoms with Crippen LogP contribution in [-0.4, -0.2) is 83.1 Å². The van der Waals surface area contributed by atoms with Gasteiger partial charge >= 0.3 is 12.0 Å². The van der Waals surface area contributed by atoms with Gasteiger partial charge in [0.2, 0.25) is 0 Å². The van der Waals surface area contributed by atoms with Gasteiger partial charge in [-0.1, -0.05) is 0 Å². The van der Waals surface area contributed by atoms with Crippen molar-refractivity contribution in [2.24, 2.45) is 0 Å². The minimum absolute atomic E-state index is 0.0754. The van der Waals surface area contributed by atoms with Crippen LogP contribution in [0.1, 0.15) is 12.8 Å². The Bertz CT molecular complexity index is 533. The quantitative estimate of drug-likeness (QED) is 0.807. The van der Waals surface area contributed by atoms with E-state index in [0.29, 0.717) is 6.54 Å². The molecule has 1 aromatic rings. The van der Waals surface area contributed by atoms with Crippen LogP contribution in [0.25, 0.3) is 0 Å². The predicted molar refractivity (Wildman–Crippen MR) is 81.7 cm³/mol. The minimum atomic E-state index is -0.493. The lowest BCUT2D eigenvalue weighted by Gasteiger charge is -2.39. The van der Waals surface area contributed by atoms with Crippen LogP contribution >= 0.6 is 0 Å². The molecule has 3 rings (SSSR count). The van der Waals surface area contributed by atoms with E-state index in [4.69, 9.17) is 4.74 Å². The Kier molecular flexibility index (Phi) is 4.90. The van der Waals surface area contributed by atoms with E-state index in [2.05, 4.69) is 21.9 Å². The topological polar surface area (TPSA) is 61.8 Å². The molecule has 3 heterocycles. The van der Waals surface area contributed by atoms with E-state index < -0.39 is 5.82 Å². The second-order valence-electron chi connectivity index (χ2n) is 6.08. The molecule has 2 saturated heterocycles. The van der Waals surface area contributed by atoms with Gasteiger partial charge in [-0.2, -0.15) is 0 Å². The number of piperidine rings is 1. The van der Waals surface area contributed by atoms with Gasteiger partial charge in [0, 0.05) is 32.7 Å². The normalized spacial score (nSPS) is 23.0. The molecule has 1 unspecified atom stereocenters. The van der Waals surface area contributed by atoms with Gasteiger partial charge in [-0.3, -0.25) is 0 Å². The Balaban J connectivity index is 1.55. The summed E-state index contributed by atoms with van der Waals surface area (Å²) in [5.41, 5.74) is 0. The number of piperazine rings is 1. The molecular formula is C15H22FN5O2. The third kappa shape index (κ3) is 4.07. The van der Waals surface area contributed by atoms with E-state index in [-0.39, 0.29) is 18.1 Å². The number of rotatable bonds is 2. The number of hydrogen-bond acceptors (Lipinski definition) is 5. The number of carbonyl (C=O) groups excluding carboxylic acids is 1. The number of likely N-dealkylation sites (tertiary alicyclic amines) is 1. The average Bonchev–Trinajstić information content (AvgIpc) is 2.57. The standard InChI is InChI=1S/C15H22FN5O2/c1-19-5-7-20(8-6-19)15(22)21-4-2-3-13(11-21)23-14-17-9-12(16)10-18-14/h9-10,13H,2-8,11H2,1H3. The summed E-state index contributed by atoms with van der Waals surface area (Å²) in [5, 5.41) is 0. The number of halogens is 1. The van der Waals surface area contributed by atoms with Crippen LogP contribution in [0.2, 0.25) is 0 Å². The maximum absolute atomic E-state index is 12.8. The SMILES string of the molecule is CN1CCN(C(=O)N2CCCC(Oc3ncc(F)cn3)C2)CC1. The molecule has 0 radical (unpaired) electrons. The number of aromatic nitrogens is 2. The number of ether oxygens (including phenoxy) is 1. The van der Waals surface area contributed by atoms with E-state index in [9.17, 15) is 9.18 Å². The van der Waals surface area contributed by atoms with Crippen molar-refractivity contribution >= 4 is 6.03 Å². The summed E-state index contributed by atoms with van der Waals surface area (Å²) in [4.78, 5) is 26.2. The van der Waals surface area contributed by atoms with Crippen LogP contribution < -0.4 is 4.74 Å². The maximum Gasteiger partial charge on any atom is 0.320 e. The van der Waals surface area contributed by atoms with Crippen molar-refractivity contribution in [3.63, 3.8) is 0 Å². The van der Waals surface area contributed by atoms with Crippen molar-refractivity contribution in [1.82, 2.24) is 24.7 Å². The van der Waals surface area contributed by atoms with Crippen molar-refractivity contribution < 1.29 is 13.9 Å². The Morgan fingerprint density at radius 1 is 1.17 bits per heavy atom. The Hall–Kier alpha value is -1.96. The second kappa shape index (κ2) is 7.08. The Labute approximate surface area is 135 Å². The Morgan fingerprint density at radius 3 is 2.57 bits per heavy atom.